The van der Waals surface area contributed by atoms with Gasteiger partial charge in [0.2, 0.25) is 0 Å². The summed E-state index contributed by atoms with van der Waals surface area (Å²) in [6, 6.07) is 14.3. The molecule has 90 valence electrons. The van der Waals surface area contributed by atoms with E-state index in [4.69, 9.17) is 0 Å². The molecule has 0 unspecified atom stereocenters. The van der Waals surface area contributed by atoms with Gasteiger partial charge in [-0.1, -0.05) is 36.4 Å². The van der Waals surface area contributed by atoms with Crippen molar-refractivity contribution in [2.24, 2.45) is 0 Å². The number of fused-ring (bicyclic) bond motifs is 1. The first-order valence-corrected chi connectivity index (χ1v) is 5.71. The number of ether oxygens (including phenoxy) is 1. The van der Waals surface area contributed by atoms with E-state index in [-0.39, 0.29) is 0 Å². The first kappa shape index (κ1) is 12.2. The van der Waals surface area contributed by atoms with Crippen LogP contribution in [-0.2, 0) is 9.53 Å². The number of methoxy groups -OCH3 is 1. The van der Waals surface area contributed by atoms with E-state index in [1.165, 1.54) is 24.0 Å². The number of carbonyl (C=O) groups excluding carboxylic acids is 1. The summed E-state index contributed by atoms with van der Waals surface area (Å²) in [5.74, 6) is -0.393. The van der Waals surface area contributed by atoms with E-state index in [2.05, 4.69) is 34.7 Å². The van der Waals surface area contributed by atoms with Crippen molar-refractivity contribution in [3.05, 3.63) is 59.8 Å². The number of hydrogen-bond donors (Lipinski definition) is 0. The Morgan fingerprint density at radius 2 is 1.89 bits per heavy atom. The first-order chi connectivity index (χ1) is 8.70. The van der Waals surface area contributed by atoms with Crippen LogP contribution in [0.5, 0.6) is 0 Å². The summed E-state index contributed by atoms with van der Waals surface area (Å²) >= 11 is 0. The Hall–Kier alpha value is -2.31. The van der Waals surface area contributed by atoms with Crippen molar-refractivity contribution in [1.29, 1.82) is 0 Å². The van der Waals surface area contributed by atoms with Crippen LogP contribution in [0.15, 0.2) is 54.3 Å². The van der Waals surface area contributed by atoms with Crippen LogP contribution in [0.2, 0.25) is 0 Å². The largest absolute Gasteiger partial charge is 0.465 e. The molecule has 0 radical (unpaired) electrons. The Balaban J connectivity index is 2.42. The maximum absolute atomic E-state index is 11.0. The molecule has 18 heavy (non-hydrogen) atoms. The van der Waals surface area contributed by atoms with Crippen LogP contribution in [0.25, 0.3) is 16.3 Å². The molecule has 2 aromatic carbocycles. The Labute approximate surface area is 106 Å². The van der Waals surface area contributed by atoms with Gasteiger partial charge in [0.15, 0.2) is 0 Å². The van der Waals surface area contributed by atoms with E-state index in [1.807, 2.05) is 25.1 Å². The third kappa shape index (κ3) is 2.68. The van der Waals surface area contributed by atoms with E-state index in [9.17, 15) is 4.79 Å². The van der Waals surface area contributed by atoms with E-state index in [0.29, 0.717) is 0 Å². The van der Waals surface area contributed by atoms with Gasteiger partial charge in [-0.2, -0.15) is 0 Å². The molecule has 2 aromatic rings. The third-order valence-electron chi connectivity index (χ3n) is 2.79. The minimum atomic E-state index is -0.393. The fraction of sp³-hybridized carbons (Fsp3) is 0.125. The fourth-order valence-electron chi connectivity index (χ4n) is 1.73. The molecule has 0 bridgehead atoms. The van der Waals surface area contributed by atoms with Gasteiger partial charge in [-0.15, -0.1) is 5.73 Å². The van der Waals surface area contributed by atoms with E-state index < -0.39 is 5.97 Å². The maximum atomic E-state index is 11.0. The molecule has 2 heteroatoms. The SMILES string of the molecule is COC(=O)C=C=C(C)c1ccc2ccccc2c1. The van der Waals surface area contributed by atoms with Crippen LogP contribution < -0.4 is 0 Å². The second-order valence-corrected chi connectivity index (χ2v) is 4.00. The lowest BCUT2D eigenvalue weighted by Gasteiger charge is -2.02. The monoisotopic (exact) mass is 238 g/mol. The molecule has 0 aliphatic heterocycles. The van der Waals surface area contributed by atoms with Crippen LogP contribution in [0, 0.1) is 0 Å². The van der Waals surface area contributed by atoms with Gasteiger partial charge in [0.05, 0.1) is 13.2 Å². The summed E-state index contributed by atoms with van der Waals surface area (Å²) < 4.78 is 4.54. The van der Waals surface area contributed by atoms with Crippen molar-refractivity contribution in [1.82, 2.24) is 0 Å². The van der Waals surface area contributed by atoms with Gasteiger partial charge in [0.1, 0.15) is 0 Å². The minimum absolute atomic E-state index is 0.393. The molecular weight excluding hydrogens is 224 g/mol. The second kappa shape index (κ2) is 5.35. The second-order valence-electron chi connectivity index (χ2n) is 4.00. The number of benzene rings is 2. The zero-order chi connectivity index (χ0) is 13.0. The number of hydrogen-bond acceptors (Lipinski definition) is 2. The molecule has 0 saturated carbocycles. The number of carbonyl (C=O) groups is 1. The highest BCUT2D eigenvalue weighted by atomic mass is 16.5. The lowest BCUT2D eigenvalue weighted by Crippen LogP contribution is -1.92. The fourth-order valence-corrected chi connectivity index (χ4v) is 1.73. The Morgan fingerprint density at radius 3 is 2.61 bits per heavy atom. The smallest absolute Gasteiger partial charge is 0.338 e. The molecule has 0 aromatic heterocycles. The number of esters is 1. The van der Waals surface area contributed by atoms with Crippen LogP contribution in [0.3, 0.4) is 0 Å². The maximum Gasteiger partial charge on any atom is 0.338 e. The van der Waals surface area contributed by atoms with Crippen LogP contribution in [0.1, 0.15) is 12.5 Å². The van der Waals surface area contributed by atoms with Crippen molar-refractivity contribution >= 4 is 22.3 Å². The molecule has 2 nitrogen and oxygen atoms in total. The van der Waals surface area contributed by atoms with Crippen molar-refractivity contribution in [3.63, 3.8) is 0 Å². The van der Waals surface area contributed by atoms with Gasteiger partial charge in [-0.05, 0) is 34.9 Å². The van der Waals surface area contributed by atoms with E-state index in [0.717, 1.165) is 11.1 Å². The standard InChI is InChI=1S/C16H14O2/c1-12(7-10-16(17)18-2)14-9-8-13-5-3-4-6-15(13)11-14/h3-6,8-11H,1-2H3. The van der Waals surface area contributed by atoms with Gasteiger partial charge >= 0.3 is 5.97 Å². The van der Waals surface area contributed by atoms with Gasteiger partial charge in [0, 0.05) is 0 Å². The van der Waals surface area contributed by atoms with Crippen molar-refractivity contribution < 1.29 is 9.53 Å². The van der Waals surface area contributed by atoms with Crippen molar-refractivity contribution in [2.75, 3.05) is 7.11 Å². The summed E-state index contributed by atoms with van der Waals surface area (Å²) in [5, 5.41) is 2.38. The zero-order valence-corrected chi connectivity index (χ0v) is 10.4. The predicted molar refractivity (Wildman–Crippen MR) is 73.1 cm³/mol. The lowest BCUT2D eigenvalue weighted by atomic mass is 10.0. The summed E-state index contributed by atoms with van der Waals surface area (Å²) in [7, 11) is 1.35. The first-order valence-electron chi connectivity index (χ1n) is 5.71. The summed E-state index contributed by atoms with van der Waals surface area (Å²) in [6.07, 6.45) is 1.31. The highest BCUT2D eigenvalue weighted by molar-refractivity contribution is 5.87. The average Bonchev–Trinajstić information content (AvgIpc) is 2.43. The van der Waals surface area contributed by atoms with Gasteiger partial charge in [-0.25, -0.2) is 4.79 Å². The van der Waals surface area contributed by atoms with E-state index >= 15 is 0 Å². The third-order valence-corrected chi connectivity index (χ3v) is 2.79. The van der Waals surface area contributed by atoms with Crippen LogP contribution in [-0.4, -0.2) is 13.1 Å². The molecule has 0 fully saturated rings. The number of rotatable bonds is 2. The predicted octanol–water partition coefficient (Wildman–Crippen LogP) is 3.57. The van der Waals surface area contributed by atoms with Gasteiger partial charge < -0.3 is 4.74 Å². The summed E-state index contributed by atoms with van der Waals surface area (Å²) in [6.45, 7) is 1.92. The molecule has 0 atom stereocenters. The molecule has 0 spiro atoms. The highest BCUT2D eigenvalue weighted by Gasteiger charge is 1.98. The van der Waals surface area contributed by atoms with Crippen LogP contribution >= 0.6 is 0 Å². The lowest BCUT2D eigenvalue weighted by molar-refractivity contribution is -0.134. The Kier molecular flexibility index (Phi) is 3.61. The molecular formula is C16H14O2. The Morgan fingerprint density at radius 1 is 1.17 bits per heavy atom. The van der Waals surface area contributed by atoms with Gasteiger partial charge in [-0.3, -0.25) is 0 Å². The molecule has 2 rings (SSSR count). The molecule has 0 N–H and O–H groups in total. The highest BCUT2D eigenvalue weighted by Crippen LogP contribution is 2.20. The van der Waals surface area contributed by atoms with Crippen molar-refractivity contribution in [3.8, 4) is 0 Å². The molecule has 0 amide bonds. The van der Waals surface area contributed by atoms with Gasteiger partial charge in [0.25, 0.3) is 0 Å². The zero-order valence-electron chi connectivity index (χ0n) is 10.4. The minimum Gasteiger partial charge on any atom is -0.465 e. The Bertz CT molecular complexity index is 647. The molecule has 0 heterocycles. The topological polar surface area (TPSA) is 26.3 Å². The normalized spacial score (nSPS) is 9.67. The molecule has 0 aliphatic rings. The molecule has 0 saturated heterocycles. The van der Waals surface area contributed by atoms with E-state index in [1.54, 1.807) is 0 Å². The average molecular weight is 238 g/mol. The quantitative estimate of drug-likeness (QED) is 0.454. The van der Waals surface area contributed by atoms with Crippen molar-refractivity contribution in [2.45, 2.75) is 6.92 Å². The summed E-state index contributed by atoms with van der Waals surface area (Å²) in [5.41, 5.74) is 4.89. The summed E-state index contributed by atoms with van der Waals surface area (Å²) in [4.78, 5) is 11.0. The van der Waals surface area contributed by atoms with Crippen LogP contribution in [0.4, 0.5) is 0 Å². The molecule has 0 aliphatic carbocycles.